The molecule has 3 heteroatoms. The second-order valence-electron chi connectivity index (χ2n) is 3.65. The Morgan fingerprint density at radius 2 is 1.76 bits per heavy atom. The summed E-state index contributed by atoms with van der Waals surface area (Å²) in [6.07, 6.45) is 1.77. The van der Waals surface area contributed by atoms with Gasteiger partial charge in [-0.15, -0.1) is 0 Å². The number of benzene rings is 2. The summed E-state index contributed by atoms with van der Waals surface area (Å²) in [6, 6.07) is 14.6. The fourth-order valence-corrected chi connectivity index (χ4v) is 1.57. The highest BCUT2D eigenvalue weighted by atomic mass is 35.5. The molecular formula is C14H12ClNO. The van der Waals surface area contributed by atoms with Crippen molar-refractivity contribution in [1.29, 1.82) is 0 Å². The molecule has 2 aromatic carbocycles. The molecule has 17 heavy (non-hydrogen) atoms. The molecule has 0 spiro atoms. The summed E-state index contributed by atoms with van der Waals surface area (Å²) in [5.41, 5.74) is 1.81. The van der Waals surface area contributed by atoms with Crippen LogP contribution in [0.3, 0.4) is 0 Å². The zero-order chi connectivity index (χ0) is 12.1. The quantitative estimate of drug-likeness (QED) is 0.823. The molecule has 1 N–H and O–H groups in total. The minimum absolute atomic E-state index is 0.278. The maximum Gasteiger partial charge on any atom is 0.120 e. The molecule has 0 aliphatic heterocycles. The van der Waals surface area contributed by atoms with E-state index in [4.69, 9.17) is 11.6 Å². The van der Waals surface area contributed by atoms with Crippen LogP contribution < -0.4 is 0 Å². The number of phenolic OH excluding ortho intramolecular Hbond substituents is 1. The first-order valence-corrected chi connectivity index (χ1v) is 5.66. The van der Waals surface area contributed by atoms with E-state index in [-0.39, 0.29) is 5.75 Å². The van der Waals surface area contributed by atoms with E-state index < -0.39 is 0 Å². The number of phenols is 1. The first-order chi connectivity index (χ1) is 8.25. The molecule has 0 unspecified atom stereocenters. The van der Waals surface area contributed by atoms with Gasteiger partial charge in [-0.1, -0.05) is 41.9 Å². The van der Waals surface area contributed by atoms with Crippen molar-refractivity contribution < 1.29 is 5.11 Å². The number of hydrogen-bond acceptors (Lipinski definition) is 2. The molecule has 0 saturated heterocycles. The highest BCUT2D eigenvalue weighted by molar-refractivity contribution is 6.30. The van der Waals surface area contributed by atoms with Gasteiger partial charge in [-0.3, -0.25) is 4.99 Å². The van der Waals surface area contributed by atoms with Crippen LogP contribution in [0.5, 0.6) is 5.75 Å². The van der Waals surface area contributed by atoms with Crippen LogP contribution in [0.15, 0.2) is 53.5 Å². The van der Waals surface area contributed by atoms with Crippen LogP contribution in [0.25, 0.3) is 0 Å². The molecule has 0 radical (unpaired) electrons. The summed E-state index contributed by atoms with van der Waals surface area (Å²) < 4.78 is 0. The molecule has 0 fully saturated rings. The first kappa shape index (κ1) is 11.7. The summed E-state index contributed by atoms with van der Waals surface area (Å²) in [4.78, 5) is 4.27. The van der Waals surface area contributed by atoms with Gasteiger partial charge in [0.2, 0.25) is 0 Å². The average molecular weight is 246 g/mol. The van der Waals surface area contributed by atoms with Crippen LogP contribution in [-0.2, 0) is 6.54 Å². The predicted molar refractivity (Wildman–Crippen MR) is 70.9 cm³/mol. The molecular weight excluding hydrogens is 234 g/mol. The van der Waals surface area contributed by atoms with Crippen LogP contribution in [-0.4, -0.2) is 11.3 Å². The molecule has 2 nitrogen and oxygen atoms in total. The van der Waals surface area contributed by atoms with E-state index >= 15 is 0 Å². The molecule has 0 saturated carbocycles. The molecule has 0 atom stereocenters. The van der Waals surface area contributed by atoms with E-state index in [1.54, 1.807) is 18.3 Å². The van der Waals surface area contributed by atoms with Crippen molar-refractivity contribution in [2.24, 2.45) is 4.99 Å². The number of hydrogen-bond donors (Lipinski definition) is 1. The lowest BCUT2D eigenvalue weighted by Gasteiger charge is -1.99. The Morgan fingerprint density at radius 1 is 1.06 bits per heavy atom. The average Bonchev–Trinajstić information content (AvgIpc) is 2.34. The summed E-state index contributed by atoms with van der Waals surface area (Å²) in [5, 5.41) is 10.3. The summed E-state index contributed by atoms with van der Waals surface area (Å²) in [7, 11) is 0. The van der Waals surface area contributed by atoms with Crippen molar-refractivity contribution in [3.8, 4) is 5.75 Å². The van der Waals surface area contributed by atoms with Crippen LogP contribution in [0.4, 0.5) is 0 Å². The van der Waals surface area contributed by atoms with Crippen molar-refractivity contribution in [1.82, 2.24) is 0 Å². The van der Waals surface area contributed by atoms with E-state index in [9.17, 15) is 5.11 Å². The van der Waals surface area contributed by atoms with Crippen molar-refractivity contribution >= 4 is 17.8 Å². The Balaban J connectivity index is 2.03. The van der Waals surface area contributed by atoms with Crippen LogP contribution >= 0.6 is 11.6 Å². The third kappa shape index (κ3) is 3.33. The first-order valence-electron chi connectivity index (χ1n) is 5.28. The Hall–Kier alpha value is -1.80. The lowest BCUT2D eigenvalue weighted by atomic mass is 10.2. The standard InChI is InChI=1S/C14H12ClNO/c15-13-7-5-11(6-8-13)9-16-10-12-3-1-2-4-14(12)17/h1-9,17H,10H2/b16-9-. The third-order valence-corrected chi connectivity index (χ3v) is 2.62. The monoisotopic (exact) mass is 245 g/mol. The van der Waals surface area contributed by atoms with Crippen molar-refractivity contribution in [3.63, 3.8) is 0 Å². The zero-order valence-corrected chi connectivity index (χ0v) is 9.93. The fraction of sp³-hybridized carbons (Fsp3) is 0.0714. The third-order valence-electron chi connectivity index (χ3n) is 2.36. The van der Waals surface area contributed by atoms with Crippen molar-refractivity contribution in [3.05, 3.63) is 64.7 Å². The van der Waals surface area contributed by atoms with Gasteiger partial charge >= 0.3 is 0 Å². The molecule has 0 amide bonds. The zero-order valence-electron chi connectivity index (χ0n) is 9.18. The van der Waals surface area contributed by atoms with Crippen LogP contribution in [0.1, 0.15) is 11.1 Å². The highest BCUT2D eigenvalue weighted by Crippen LogP contribution is 2.16. The van der Waals surface area contributed by atoms with E-state index in [0.717, 1.165) is 11.1 Å². The van der Waals surface area contributed by atoms with Gasteiger partial charge in [-0.2, -0.15) is 0 Å². The molecule has 2 rings (SSSR count). The topological polar surface area (TPSA) is 32.6 Å². The van der Waals surface area contributed by atoms with E-state index in [2.05, 4.69) is 4.99 Å². The van der Waals surface area contributed by atoms with Gasteiger partial charge in [0.05, 0.1) is 6.54 Å². The molecule has 2 aromatic rings. The second-order valence-corrected chi connectivity index (χ2v) is 4.09. The normalized spacial score (nSPS) is 10.9. The molecule has 0 aliphatic carbocycles. The van der Waals surface area contributed by atoms with Gasteiger partial charge in [0.25, 0.3) is 0 Å². The second kappa shape index (κ2) is 5.51. The summed E-state index contributed by atoms with van der Waals surface area (Å²) >= 11 is 5.78. The predicted octanol–water partition coefficient (Wildman–Crippen LogP) is 3.66. The number of nitrogens with zero attached hydrogens (tertiary/aromatic N) is 1. The highest BCUT2D eigenvalue weighted by Gasteiger charge is 1.96. The molecule has 0 aliphatic rings. The van der Waals surface area contributed by atoms with Gasteiger partial charge in [0.1, 0.15) is 5.75 Å². The van der Waals surface area contributed by atoms with E-state index in [1.165, 1.54) is 0 Å². The van der Waals surface area contributed by atoms with E-state index in [1.807, 2.05) is 36.4 Å². The van der Waals surface area contributed by atoms with E-state index in [0.29, 0.717) is 11.6 Å². The Kier molecular flexibility index (Phi) is 3.78. The smallest absolute Gasteiger partial charge is 0.120 e. The van der Waals surface area contributed by atoms with Gasteiger partial charge in [-0.05, 0) is 23.8 Å². The fourth-order valence-electron chi connectivity index (χ4n) is 1.44. The number of halogens is 1. The number of aromatic hydroxyl groups is 1. The maximum absolute atomic E-state index is 9.55. The molecule has 0 aromatic heterocycles. The van der Waals surface area contributed by atoms with Crippen LogP contribution in [0, 0.1) is 0 Å². The van der Waals surface area contributed by atoms with Gasteiger partial charge in [0, 0.05) is 16.8 Å². The Labute approximate surface area is 105 Å². The largest absolute Gasteiger partial charge is 0.508 e. The molecule has 0 heterocycles. The number of aliphatic imine (C=N–C) groups is 1. The number of rotatable bonds is 3. The molecule has 0 bridgehead atoms. The Bertz CT molecular complexity index is 520. The number of para-hydroxylation sites is 1. The summed E-state index contributed by atoms with van der Waals surface area (Å²) in [6.45, 7) is 0.468. The maximum atomic E-state index is 9.55. The van der Waals surface area contributed by atoms with Gasteiger partial charge in [-0.25, -0.2) is 0 Å². The van der Waals surface area contributed by atoms with Gasteiger partial charge < -0.3 is 5.11 Å². The summed E-state index contributed by atoms with van der Waals surface area (Å²) in [5.74, 6) is 0.278. The Morgan fingerprint density at radius 3 is 2.47 bits per heavy atom. The molecule has 86 valence electrons. The SMILES string of the molecule is Oc1ccccc1C/N=C\c1ccc(Cl)cc1. The lowest BCUT2D eigenvalue weighted by molar-refractivity contribution is 0.468. The van der Waals surface area contributed by atoms with Crippen molar-refractivity contribution in [2.75, 3.05) is 0 Å². The lowest BCUT2D eigenvalue weighted by Crippen LogP contribution is -1.85. The van der Waals surface area contributed by atoms with Crippen molar-refractivity contribution in [2.45, 2.75) is 6.54 Å². The minimum atomic E-state index is 0.278. The van der Waals surface area contributed by atoms with Gasteiger partial charge in [0.15, 0.2) is 0 Å². The van der Waals surface area contributed by atoms with Crippen LogP contribution in [0.2, 0.25) is 5.02 Å². The minimum Gasteiger partial charge on any atom is -0.508 e.